The van der Waals surface area contributed by atoms with Crippen LogP contribution in [0.4, 0.5) is 0 Å². The van der Waals surface area contributed by atoms with Gasteiger partial charge >= 0.3 is 5.97 Å². The van der Waals surface area contributed by atoms with Crippen LogP contribution in [0, 0.1) is 0 Å². The van der Waals surface area contributed by atoms with Crippen LogP contribution in [0.5, 0.6) is 0 Å². The number of carbonyl (C=O) groups excluding carboxylic acids is 1. The Balaban J connectivity index is 2.24. The van der Waals surface area contributed by atoms with Crippen LogP contribution in [0.2, 0.25) is 5.02 Å². The highest BCUT2D eigenvalue weighted by atomic mass is 35.5. The lowest BCUT2D eigenvalue weighted by molar-refractivity contribution is -0.146. The van der Waals surface area contributed by atoms with E-state index in [0.717, 1.165) is 41.8 Å². The predicted octanol–water partition coefficient (Wildman–Crippen LogP) is 3.89. The summed E-state index contributed by atoms with van der Waals surface area (Å²) < 4.78 is 5.16. The maximum absolute atomic E-state index is 12.0. The number of rotatable bonds is 5. The number of ether oxygens (including phenoxy) is 1. The molecule has 0 N–H and O–H groups in total. The Hall–Kier alpha value is -1.02. The third-order valence-corrected chi connectivity index (χ3v) is 3.89. The van der Waals surface area contributed by atoms with Gasteiger partial charge in [0.1, 0.15) is 0 Å². The van der Waals surface area contributed by atoms with Crippen molar-refractivity contribution >= 4 is 17.6 Å². The first kappa shape index (κ1) is 13.4. The molecule has 0 atom stereocenters. The normalized spacial score (nSPS) is 16.4. The highest BCUT2D eigenvalue weighted by Gasteiger charge is 2.52. The molecule has 98 valence electrons. The van der Waals surface area contributed by atoms with Gasteiger partial charge in [-0.2, -0.15) is 0 Å². The molecule has 0 aliphatic heterocycles. The molecule has 0 amide bonds. The van der Waals surface area contributed by atoms with Crippen LogP contribution in [0.15, 0.2) is 18.2 Å². The Kier molecular flexibility index (Phi) is 3.96. The molecule has 3 heteroatoms. The minimum absolute atomic E-state index is 0.107. The summed E-state index contributed by atoms with van der Waals surface area (Å²) in [6.07, 6.45) is 3.79. The van der Waals surface area contributed by atoms with Gasteiger partial charge in [0.05, 0.1) is 12.0 Å². The first-order valence-electron chi connectivity index (χ1n) is 6.60. The topological polar surface area (TPSA) is 26.3 Å². The number of benzene rings is 1. The van der Waals surface area contributed by atoms with Crippen LogP contribution in [0.3, 0.4) is 0 Å². The summed E-state index contributed by atoms with van der Waals surface area (Å²) in [5.74, 6) is -0.107. The molecule has 0 bridgehead atoms. The molecule has 0 unspecified atom stereocenters. The molecule has 0 spiro atoms. The van der Waals surface area contributed by atoms with E-state index >= 15 is 0 Å². The molecule has 1 aromatic carbocycles. The van der Waals surface area contributed by atoms with Gasteiger partial charge in [0.2, 0.25) is 0 Å². The number of hydrogen-bond donors (Lipinski definition) is 0. The van der Waals surface area contributed by atoms with Crippen molar-refractivity contribution in [3.05, 3.63) is 34.3 Å². The van der Waals surface area contributed by atoms with Gasteiger partial charge in [-0.05, 0) is 43.4 Å². The predicted molar refractivity (Wildman–Crippen MR) is 73.0 cm³/mol. The summed E-state index contributed by atoms with van der Waals surface area (Å²) in [5, 5.41) is 0.768. The quantitative estimate of drug-likeness (QED) is 0.756. The van der Waals surface area contributed by atoms with E-state index < -0.39 is 5.41 Å². The molecule has 18 heavy (non-hydrogen) atoms. The van der Waals surface area contributed by atoms with Gasteiger partial charge < -0.3 is 4.74 Å². The Morgan fingerprint density at radius 2 is 2.11 bits per heavy atom. The number of aryl methyl sites for hydroxylation is 1. The van der Waals surface area contributed by atoms with Gasteiger partial charge in [0, 0.05) is 5.02 Å². The number of carbonyl (C=O) groups is 1. The van der Waals surface area contributed by atoms with Crippen LogP contribution in [0.25, 0.3) is 0 Å². The van der Waals surface area contributed by atoms with Gasteiger partial charge in [-0.15, -0.1) is 0 Å². The number of esters is 1. The maximum Gasteiger partial charge on any atom is 0.316 e. The van der Waals surface area contributed by atoms with Crippen molar-refractivity contribution in [1.29, 1.82) is 0 Å². The Labute approximate surface area is 113 Å². The van der Waals surface area contributed by atoms with Crippen LogP contribution in [-0.4, -0.2) is 12.6 Å². The Bertz CT molecular complexity index is 450. The number of halogens is 1. The zero-order valence-electron chi connectivity index (χ0n) is 11.0. The molecule has 0 radical (unpaired) electrons. The summed E-state index contributed by atoms with van der Waals surface area (Å²) in [5.41, 5.74) is 1.75. The summed E-state index contributed by atoms with van der Waals surface area (Å²) in [4.78, 5) is 12.0. The summed E-state index contributed by atoms with van der Waals surface area (Å²) >= 11 is 6.27. The lowest BCUT2D eigenvalue weighted by Gasteiger charge is -2.15. The smallest absolute Gasteiger partial charge is 0.316 e. The van der Waals surface area contributed by atoms with Crippen LogP contribution in [-0.2, 0) is 21.4 Å². The van der Waals surface area contributed by atoms with Crippen molar-refractivity contribution in [3.8, 4) is 0 Å². The zero-order chi connectivity index (χ0) is 13.2. The van der Waals surface area contributed by atoms with Gasteiger partial charge in [-0.25, -0.2) is 0 Å². The number of hydrogen-bond acceptors (Lipinski definition) is 2. The highest BCUT2D eigenvalue weighted by Crippen LogP contribution is 2.49. The van der Waals surface area contributed by atoms with Crippen molar-refractivity contribution in [2.45, 2.75) is 44.9 Å². The molecule has 1 aliphatic rings. The Morgan fingerprint density at radius 3 is 2.61 bits per heavy atom. The molecule has 0 saturated heterocycles. The molecule has 0 heterocycles. The van der Waals surface area contributed by atoms with Crippen LogP contribution < -0.4 is 0 Å². The third-order valence-electron chi connectivity index (χ3n) is 3.54. The van der Waals surface area contributed by atoms with Crippen molar-refractivity contribution in [1.82, 2.24) is 0 Å². The van der Waals surface area contributed by atoms with Crippen molar-refractivity contribution in [3.63, 3.8) is 0 Å². The standard InChI is InChI=1S/C15H19ClO2/c1-3-5-11-6-7-12(10-13(11)16)15(8-9-15)14(17)18-4-2/h6-7,10H,3-5,8-9H2,1-2H3. The summed E-state index contributed by atoms with van der Waals surface area (Å²) in [6, 6.07) is 6.01. The average molecular weight is 267 g/mol. The lowest BCUT2D eigenvalue weighted by Crippen LogP contribution is -2.23. The van der Waals surface area contributed by atoms with E-state index in [4.69, 9.17) is 16.3 Å². The fourth-order valence-electron chi connectivity index (χ4n) is 2.32. The maximum atomic E-state index is 12.0. The third kappa shape index (κ3) is 2.39. The summed E-state index contributed by atoms with van der Waals surface area (Å²) in [7, 11) is 0. The second kappa shape index (κ2) is 5.31. The van der Waals surface area contributed by atoms with Crippen molar-refractivity contribution in [2.24, 2.45) is 0 Å². The van der Waals surface area contributed by atoms with Crippen molar-refractivity contribution < 1.29 is 9.53 Å². The van der Waals surface area contributed by atoms with Crippen LogP contribution >= 0.6 is 11.6 Å². The van der Waals surface area contributed by atoms with E-state index in [1.54, 1.807) is 0 Å². The van der Waals surface area contributed by atoms with E-state index in [9.17, 15) is 4.79 Å². The lowest BCUT2D eigenvalue weighted by atomic mass is 9.94. The summed E-state index contributed by atoms with van der Waals surface area (Å²) in [6.45, 7) is 4.40. The van der Waals surface area contributed by atoms with E-state index in [1.165, 1.54) is 0 Å². The van der Waals surface area contributed by atoms with E-state index in [1.807, 2.05) is 25.1 Å². The SMILES string of the molecule is CCCc1ccc(C2(C(=O)OCC)CC2)cc1Cl. The van der Waals surface area contributed by atoms with E-state index in [2.05, 4.69) is 6.92 Å². The molecular weight excluding hydrogens is 248 g/mol. The molecule has 1 fully saturated rings. The Morgan fingerprint density at radius 1 is 1.39 bits per heavy atom. The minimum atomic E-state index is -0.412. The fraction of sp³-hybridized carbons (Fsp3) is 0.533. The molecular formula is C15H19ClO2. The van der Waals surface area contributed by atoms with E-state index in [0.29, 0.717) is 6.61 Å². The average Bonchev–Trinajstić information content (AvgIpc) is 3.14. The largest absolute Gasteiger partial charge is 0.465 e. The van der Waals surface area contributed by atoms with Crippen molar-refractivity contribution in [2.75, 3.05) is 6.61 Å². The van der Waals surface area contributed by atoms with Crippen LogP contribution in [0.1, 0.15) is 44.2 Å². The molecule has 1 aliphatic carbocycles. The molecule has 2 rings (SSSR count). The van der Waals surface area contributed by atoms with Gasteiger partial charge in [-0.3, -0.25) is 4.79 Å². The minimum Gasteiger partial charge on any atom is -0.465 e. The zero-order valence-corrected chi connectivity index (χ0v) is 11.7. The molecule has 1 aromatic rings. The highest BCUT2D eigenvalue weighted by molar-refractivity contribution is 6.31. The van der Waals surface area contributed by atoms with Gasteiger partial charge in [-0.1, -0.05) is 37.1 Å². The molecule has 2 nitrogen and oxygen atoms in total. The van der Waals surface area contributed by atoms with Gasteiger partial charge in [0.15, 0.2) is 0 Å². The van der Waals surface area contributed by atoms with Gasteiger partial charge in [0.25, 0.3) is 0 Å². The second-order valence-electron chi connectivity index (χ2n) is 4.86. The fourth-order valence-corrected chi connectivity index (χ4v) is 2.60. The second-order valence-corrected chi connectivity index (χ2v) is 5.27. The first-order chi connectivity index (χ1) is 8.64. The molecule has 1 saturated carbocycles. The van der Waals surface area contributed by atoms with E-state index in [-0.39, 0.29) is 5.97 Å². The first-order valence-corrected chi connectivity index (χ1v) is 6.98. The molecule has 0 aromatic heterocycles. The monoisotopic (exact) mass is 266 g/mol.